The summed E-state index contributed by atoms with van der Waals surface area (Å²) in [5, 5.41) is 53.3. The Morgan fingerprint density at radius 3 is 1.33 bits per heavy atom. The summed E-state index contributed by atoms with van der Waals surface area (Å²) < 4.78 is 0. The maximum Gasteiger partial charge on any atom is 2.00 e. The molecule has 0 amide bonds. The van der Waals surface area contributed by atoms with Crippen LogP contribution < -0.4 is 10.2 Å². The molecule has 0 unspecified atom stereocenters. The van der Waals surface area contributed by atoms with E-state index in [0.717, 1.165) is 0 Å². The van der Waals surface area contributed by atoms with E-state index in [1.54, 1.807) is 0 Å². The van der Waals surface area contributed by atoms with E-state index in [-0.39, 0.29) is 54.9 Å². The molecule has 90 valence electrons. The molecule has 18 heavy (non-hydrogen) atoms. The topological polar surface area (TPSA) is 176 Å². The van der Waals surface area contributed by atoms with E-state index in [2.05, 4.69) is 0 Å². The fraction of sp³-hybridized carbons (Fsp3) is 0. The van der Waals surface area contributed by atoms with Gasteiger partial charge in [-0.3, -0.25) is 30.3 Å². The van der Waals surface area contributed by atoms with Crippen LogP contribution in [0.25, 0.3) is 0 Å². The van der Waals surface area contributed by atoms with E-state index in [9.17, 15) is 40.6 Å². The van der Waals surface area contributed by atoms with Crippen molar-refractivity contribution in [2.75, 3.05) is 0 Å². The van der Waals surface area contributed by atoms with Gasteiger partial charge in [0.2, 0.25) is 0 Å². The molecule has 1 aromatic carbocycles. The Morgan fingerprint density at radius 2 is 1.11 bits per heavy atom. The maximum atomic E-state index is 11.1. The van der Waals surface area contributed by atoms with Crippen LogP contribution in [0.1, 0.15) is 0 Å². The van der Waals surface area contributed by atoms with E-state index in [1.165, 1.54) is 0 Å². The molecule has 0 N–H and O–H groups in total. The number of benzene rings is 1. The van der Waals surface area contributed by atoms with Crippen molar-refractivity contribution < 1.29 is 25.0 Å². The third-order valence-electron chi connectivity index (χ3n) is 1.74. The van der Waals surface area contributed by atoms with Crippen molar-refractivity contribution in [1.82, 2.24) is 0 Å². The molecule has 0 aromatic heterocycles. The maximum absolute atomic E-state index is 11.1. The first-order valence-corrected chi connectivity index (χ1v) is 3.75. The van der Waals surface area contributed by atoms with Crippen LogP contribution in [-0.2, 0) is 0 Å². The van der Waals surface area contributed by atoms with E-state index >= 15 is 0 Å². The Balaban J connectivity index is 0.00000289. The molecule has 1 aromatic rings. The monoisotopic (exact) mass is 381 g/mol. The molecule has 0 spiro atoms. The van der Waals surface area contributed by atoms with Crippen LogP contribution in [0.15, 0.2) is 6.07 Å². The summed E-state index contributed by atoms with van der Waals surface area (Å²) in [4.78, 5) is 26.9. The Bertz CT molecular complexity index is 506. The average Bonchev–Trinajstić information content (AvgIpc) is 2.15. The summed E-state index contributed by atoms with van der Waals surface area (Å²) in [7, 11) is 0. The Morgan fingerprint density at radius 1 is 0.778 bits per heavy atom. The summed E-state index contributed by atoms with van der Waals surface area (Å²) in [6.07, 6.45) is 0. The van der Waals surface area contributed by atoms with E-state index in [0.29, 0.717) is 0 Å². The molecule has 0 bridgehead atoms. The second-order valence-electron chi connectivity index (χ2n) is 2.69. The van der Waals surface area contributed by atoms with Crippen molar-refractivity contribution in [2.24, 2.45) is 0 Å². The third kappa shape index (κ3) is 2.88. The summed E-state index contributed by atoms with van der Waals surface area (Å²) in [5.41, 5.74) is -4.48. The van der Waals surface area contributed by atoms with Crippen molar-refractivity contribution in [3.8, 4) is 11.5 Å². The summed E-state index contributed by atoms with van der Waals surface area (Å²) in [5.74, 6) is -3.51. The van der Waals surface area contributed by atoms with Crippen LogP contribution in [0, 0.1) is 30.3 Å². The Hall–Kier alpha value is -1.41. The molecule has 0 aliphatic heterocycles. The first kappa shape index (κ1) is 16.6. The zero-order valence-electron chi connectivity index (χ0n) is 8.39. The standard InChI is InChI=1S/C6H3N3O8.Ba/c10-5-2(7(12)13)1-3(8(14)15)6(11)4(5)9(16)17;/h1,10-11H;/q;+2/p-2. The van der Waals surface area contributed by atoms with Crippen molar-refractivity contribution >= 4 is 65.9 Å². The molecule has 0 aliphatic carbocycles. The Labute approximate surface area is 138 Å². The van der Waals surface area contributed by atoms with Gasteiger partial charge in [0, 0.05) is 0 Å². The zero-order chi connectivity index (χ0) is 13.3. The zero-order valence-corrected chi connectivity index (χ0v) is 12.8. The largest absolute Gasteiger partial charge is 2.00 e. The minimum absolute atomic E-state index is 0. The molecule has 0 fully saturated rings. The van der Waals surface area contributed by atoms with Crippen LogP contribution in [0.4, 0.5) is 17.1 Å². The molecule has 11 nitrogen and oxygen atoms in total. The number of rotatable bonds is 3. The van der Waals surface area contributed by atoms with Crippen molar-refractivity contribution in [1.29, 1.82) is 0 Å². The fourth-order valence-electron chi connectivity index (χ4n) is 1.04. The second kappa shape index (κ2) is 5.96. The molecule has 0 saturated heterocycles. The van der Waals surface area contributed by atoms with Gasteiger partial charge < -0.3 is 10.2 Å². The van der Waals surface area contributed by atoms with E-state index in [1.807, 2.05) is 0 Å². The number of nitro benzene ring substituents is 3. The fourth-order valence-corrected chi connectivity index (χ4v) is 1.04. The number of hydrogen-bond donors (Lipinski definition) is 0. The summed E-state index contributed by atoms with van der Waals surface area (Å²) in [6, 6.07) is 0.109. The smallest absolute Gasteiger partial charge is 0.863 e. The molecule has 0 radical (unpaired) electrons. The van der Waals surface area contributed by atoms with Gasteiger partial charge in [-0.15, -0.1) is 0 Å². The molecule has 0 aliphatic rings. The van der Waals surface area contributed by atoms with Gasteiger partial charge in [-0.25, -0.2) is 0 Å². The van der Waals surface area contributed by atoms with Gasteiger partial charge in [-0.1, -0.05) is 0 Å². The molecule has 12 heteroatoms. The molecular formula is C6HBaN3O8. The van der Waals surface area contributed by atoms with Gasteiger partial charge >= 0.3 is 48.9 Å². The van der Waals surface area contributed by atoms with Gasteiger partial charge in [0.1, 0.15) is 0 Å². The predicted octanol–water partition coefficient (Wildman–Crippen LogP) is -0.822. The predicted molar refractivity (Wildman–Crippen MR) is 51.1 cm³/mol. The third-order valence-corrected chi connectivity index (χ3v) is 1.74. The van der Waals surface area contributed by atoms with E-state index < -0.39 is 43.3 Å². The molecule has 0 saturated carbocycles. The van der Waals surface area contributed by atoms with Gasteiger partial charge in [0.15, 0.2) is 0 Å². The van der Waals surface area contributed by atoms with Crippen LogP contribution >= 0.6 is 0 Å². The van der Waals surface area contributed by atoms with Gasteiger partial charge in [-0.2, -0.15) is 0 Å². The Kier molecular flexibility index (Phi) is 5.50. The number of hydrogen-bond acceptors (Lipinski definition) is 8. The van der Waals surface area contributed by atoms with E-state index in [4.69, 9.17) is 0 Å². The van der Waals surface area contributed by atoms with Crippen LogP contribution in [-0.4, -0.2) is 63.7 Å². The minimum atomic E-state index is -1.75. The van der Waals surface area contributed by atoms with Crippen molar-refractivity contribution in [3.05, 3.63) is 36.4 Å². The van der Waals surface area contributed by atoms with Gasteiger partial charge in [0.25, 0.3) is 17.1 Å². The van der Waals surface area contributed by atoms with Gasteiger partial charge in [-0.05, 0) is 0 Å². The summed E-state index contributed by atoms with van der Waals surface area (Å²) >= 11 is 0. The number of nitro groups is 3. The normalized spacial score (nSPS) is 9.33. The minimum Gasteiger partial charge on any atom is -0.863 e. The van der Waals surface area contributed by atoms with Gasteiger partial charge in [0.05, 0.1) is 32.3 Å². The molecule has 0 atom stereocenters. The van der Waals surface area contributed by atoms with Crippen LogP contribution in [0.3, 0.4) is 0 Å². The molecular weight excluding hydrogens is 379 g/mol. The first-order chi connectivity index (χ1) is 7.77. The van der Waals surface area contributed by atoms with Crippen LogP contribution in [0.2, 0.25) is 0 Å². The average molecular weight is 380 g/mol. The van der Waals surface area contributed by atoms with Crippen LogP contribution in [0.5, 0.6) is 11.5 Å². The first-order valence-electron chi connectivity index (χ1n) is 3.75. The summed E-state index contributed by atoms with van der Waals surface area (Å²) in [6.45, 7) is 0. The SMILES string of the molecule is O=[N+]([O-])c1cc([N+](=O)[O-])c([O-])c([N+](=O)[O-])c1[O-].[Ba+2]. The van der Waals surface area contributed by atoms with Crippen molar-refractivity contribution in [3.63, 3.8) is 0 Å². The molecule has 1 rings (SSSR count). The quantitative estimate of drug-likeness (QED) is 0.371. The molecule has 0 heterocycles. The number of nitrogens with zero attached hydrogens (tertiary/aromatic N) is 3. The second-order valence-corrected chi connectivity index (χ2v) is 2.69. The van der Waals surface area contributed by atoms with Crippen molar-refractivity contribution in [2.45, 2.75) is 0 Å².